The van der Waals surface area contributed by atoms with Crippen LogP contribution in [0.1, 0.15) is 11.1 Å². The summed E-state index contributed by atoms with van der Waals surface area (Å²) in [5, 5.41) is 7.87. The smallest absolute Gasteiger partial charge is 0.137 e. The lowest BCUT2D eigenvalue weighted by Crippen LogP contribution is -2.19. The van der Waals surface area contributed by atoms with Gasteiger partial charge in [0.05, 0.1) is 18.8 Å². The van der Waals surface area contributed by atoms with E-state index in [2.05, 4.69) is 97.0 Å². The predicted molar refractivity (Wildman–Crippen MR) is 137 cm³/mol. The fraction of sp³-hybridized carbons (Fsp3) is 0.148. The van der Waals surface area contributed by atoms with E-state index in [4.69, 9.17) is 4.98 Å². The number of aromatic nitrogens is 3. The van der Waals surface area contributed by atoms with Crippen LogP contribution < -0.4 is 10.6 Å². The van der Waals surface area contributed by atoms with Gasteiger partial charge in [0.1, 0.15) is 17.3 Å². The quantitative estimate of drug-likeness (QED) is 0.393. The number of aromatic amines is 1. The number of benzene rings is 2. The van der Waals surface area contributed by atoms with Gasteiger partial charge in [0.15, 0.2) is 0 Å². The fourth-order valence-electron chi connectivity index (χ4n) is 4.70. The SMILES string of the molecule is c1cc2cc(-c3ccc(-c4cn5cc(C6=NCCN6)ccc5n4)cc3)[nH]c2cc1C1=NCCN1. The molecule has 0 radical (unpaired) electrons. The second kappa shape index (κ2) is 7.59. The van der Waals surface area contributed by atoms with Gasteiger partial charge in [0, 0.05) is 58.8 Å². The zero-order valence-electron chi connectivity index (χ0n) is 18.5. The lowest BCUT2D eigenvalue weighted by atomic mass is 10.1. The summed E-state index contributed by atoms with van der Waals surface area (Å²) in [5.74, 6) is 1.94. The molecule has 2 aromatic carbocycles. The molecule has 2 aliphatic heterocycles. The van der Waals surface area contributed by atoms with E-state index < -0.39 is 0 Å². The molecule has 0 bridgehead atoms. The van der Waals surface area contributed by atoms with Gasteiger partial charge in [-0.15, -0.1) is 0 Å². The normalized spacial score (nSPS) is 15.4. The number of amidine groups is 2. The Hall–Kier alpha value is -4.39. The van der Waals surface area contributed by atoms with Gasteiger partial charge in [-0.1, -0.05) is 36.4 Å². The lowest BCUT2D eigenvalue weighted by Gasteiger charge is -2.02. The number of fused-ring (bicyclic) bond motifs is 2. The summed E-state index contributed by atoms with van der Waals surface area (Å²) < 4.78 is 2.07. The van der Waals surface area contributed by atoms with Gasteiger partial charge >= 0.3 is 0 Å². The second-order valence-corrected chi connectivity index (χ2v) is 8.69. The van der Waals surface area contributed by atoms with Crippen LogP contribution in [0, 0.1) is 0 Å². The van der Waals surface area contributed by atoms with Crippen LogP contribution in [-0.4, -0.2) is 52.2 Å². The van der Waals surface area contributed by atoms with Crippen molar-refractivity contribution in [1.29, 1.82) is 0 Å². The molecule has 0 saturated carbocycles. The third-order valence-electron chi connectivity index (χ3n) is 6.46. The standard InChI is InChI=1S/C27H23N7/c1-3-18(24-16-34-15-21(7-8-25(34)33-24)27-30-11-12-31-27)4-2-17(1)22-13-19-5-6-20(14-23(19)32-22)26-28-9-10-29-26/h1-8,13-16,32H,9-12H2,(H,28,29)(H,30,31). The van der Waals surface area contributed by atoms with Crippen molar-refractivity contribution in [2.75, 3.05) is 26.2 Å². The third-order valence-corrected chi connectivity index (χ3v) is 6.46. The molecule has 0 aliphatic carbocycles. The molecule has 0 fully saturated rings. The zero-order valence-corrected chi connectivity index (χ0v) is 18.5. The maximum atomic E-state index is 4.81. The van der Waals surface area contributed by atoms with Crippen LogP contribution >= 0.6 is 0 Å². The van der Waals surface area contributed by atoms with E-state index in [9.17, 15) is 0 Å². The zero-order chi connectivity index (χ0) is 22.5. The molecule has 34 heavy (non-hydrogen) atoms. The number of imidazole rings is 1. The molecule has 3 aromatic heterocycles. The van der Waals surface area contributed by atoms with E-state index in [1.54, 1.807) is 0 Å². The Morgan fingerprint density at radius 1 is 0.676 bits per heavy atom. The molecule has 0 spiro atoms. The monoisotopic (exact) mass is 445 g/mol. The summed E-state index contributed by atoms with van der Waals surface area (Å²) >= 11 is 0. The Kier molecular flexibility index (Phi) is 4.27. The van der Waals surface area contributed by atoms with Crippen LogP contribution in [0.25, 0.3) is 39.1 Å². The lowest BCUT2D eigenvalue weighted by molar-refractivity contribution is 0.959. The number of aliphatic imine (C=N–C) groups is 2. The van der Waals surface area contributed by atoms with Gasteiger partial charge in [0.2, 0.25) is 0 Å². The average molecular weight is 446 g/mol. The number of rotatable bonds is 4. The highest BCUT2D eigenvalue weighted by atomic mass is 15.1. The first kappa shape index (κ1) is 19.1. The summed E-state index contributed by atoms with van der Waals surface area (Å²) in [4.78, 5) is 17.4. The number of nitrogens with zero attached hydrogens (tertiary/aromatic N) is 4. The van der Waals surface area contributed by atoms with Crippen molar-refractivity contribution in [2.24, 2.45) is 9.98 Å². The van der Waals surface area contributed by atoms with Crippen molar-refractivity contribution in [1.82, 2.24) is 25.0 Å². The largest absolute Gasteiger partial charge is 0.368 e. The molecule has 7 heteroatoms. The number of pyridine rings is 1. The van der Waals surface area contributed by atoms with Crippen molar-refractivity contribution in [2.45, 2.75) is 0 Å². The predicted octanol–water partition coefficient (Wildman–Crippen LogP) is 3.85. The van der Waals surface area contributed by atoms with Crippen molar-refractivity contribution < 1.29 is 0 Å². The maximum Gasteiger partial charge on any atom is 0.137 e. The molecular weight excluding hydrogens is 422 g/mol. The molecule has 5 heterocycles. The third kappa shape index (κ3) is 3.25. The second-order valence-electron chi connectivity index (χ2n) is 8.69. The van der Waals surface area contributed by atoms with Crippen LogP contribution in [0.3, 0.4) is 0 Å². The Bertz CT molecular complexity index is 1480. The molecule has 0 amide bonds. The van der Waals surface area contributed by atoms with Crippen LogP contribution in [0.4, 0.5) is 0 Å². The average Bonchev–Trinajstić information content (AvgIpc) is 3.69. The molecule has 7 rings (SSSR count). The Morgan fingerprint density at radius 3 is 2.15 bits per heavy atom. The minimum atomic E-state index is 0.832. The Labute approximate surface area is 196 Å². The van der Waals surface area contributed by atoms with Crippen LogP contribution in [0.2, 0.25) is 0 Å². The van der Waals surface area contributed by atoms with E-state index in [1.807, 2.05) is 6.07 Å². The molecule has 5 aromatic rings. The molecule has 0 saturated heterocycles. The van der Waals surface area contributed by atoms with Gasteiger partial charge < -0.3 is 20.0 Å². The number of H-pyrrole nitrogens is 1. The highest BCUT2D eigenvalue weighted by molar-refractivity contribution is 6.03. The first-order valence-electron chi connectivity index (χ1n) is 11.6. The number of hydrogen-bond donors (Lipinski definition) is 3. The van der Waals surface area contributed by atoms with Crippen LogP contribution in [-0.2, 0) is 0 Å². The highest BCUT2D eigenvalue weighted by Gasteiger charge is 2.12. The number of hydrogen-bond acceptors (Lipinski definition) is 5. The summed E-state index contributed by atoms with van der Waals surface area (Å²) in [6.45, 7) is 3.49. The first-order valence-corrected chi connectivity index (χ1v) is 11.6. The van der Waals surface area contributed by atoms with Gasteiger partial charge in [-0.2, -0.15) is 0 Å². The summed E-state index contributed by atoms with van der Waals surface area (Å²) in [5.41, 5.74) is 8.55. The van der Waals surface area contributed by atoms with Crippen LogP contribution in [0.5, 0.6) is 0 Å². The van der Waals surface area contributed by atoms with Gasteiger partial charge in [-0.05, 0) is 29.8 Å². The van der Waals surface area contributed by atoms with E-state index >= 15 is 0 Å². The Balaban J connectivity index is 1.18. The van der Waals surface area contributed by atoms with Crippen molar-refractivity contribution in [3.8, 4) is 22.5 Å². The van der Waals surface area contributed by atoms with Gasteiger partial charge in [-0.25, -0.2) is 4.98 Å². The van der Waals surface area contributed by atoms with E-state index in [0.717, 1.165) is 82.7 Å². The Morgan fingerprint density at radius 2 is 1.38 bits per heavy atom. The first-order chi connectivity index (χ1) is 16.8. The minimum absolute atomic E-state index is 0.832. The van der Waals surface area contributed by atoms with Crippen molar-refractivity contribution in [3.63, 3.8) is 0 Å². The van der Waals surface area contributed by atoms with Crippen molar-refractivity contribution >= 4 is 28.2 Å². The molecule has 0 atom stereocenters. The number of nitrogens with one attached hydrogen (secondary N) is 3. The van der Waals surface area contributed by atoms with E-state index in [-0.39, 0.29) is 0 Å². The van der Waals surface area contributed by atoms with Gasteiger partial charge in [0.25, 0.3) is 0 Å². The topological polar surface area (TPSA) is 81.9 Å². The molecule has 166 valence electrons. The van der Waals surface area contributed by atoms with Crippen LogP contribution in [0.15, 0.2) is 83.0 Å². The maximum absolute atomic E-state index is 4.81. The molecule has 2 aliphatic rings. The molecule has 0 unspecified atom stereocenters. The molecule has 3 N–H and O–H groups in total. The molecular formula is C27H23N7. The van der Waals surface area contributed by atoms with Crippen molar-refractivity contribution in [3.05, 3.63) is 84.2 Å². The highest BCUT2D eigenvalue weighted by Crippen LogP contribution is 2.28. The van der Waals surface area contributed by atoms with E-state index in [1.165, 1.54) is 5.39 Å². The summed E-state index contributed by atoms with van der Waals surface area (Å²) in [7, 11) is 0. The minimum Gasteiger partial charge on any atom is -0.368 e. The fourth-order valence-corrected chi connectivity index (χ4v) is 4.70. The van der Waals surface area contributed by atoms with Gasteiger partial charge in [-0.3, -0.25) is 9.98 Å². The molecule has 7 nitrogen and oxygen atoms in total. The van der Waals surface area contributed by atoms with E-state index in [0.29, 0.717) is 0 Å². The summed E-state index contributed by atoms with van der Waals surface area (Å²) in [6.07, 6.45) is 4.16. The summed E-state index contributed by atoms with van der Waals surface area (Å²) in [6, 6.07) is 21.3.